The first-order valence-electron chi connectivity index (χ1n) is 8.86. The highest BCUT2D eigenvalue weighted by atomic mass is 16.2. The number of piperazine rings is 1. The van der Waals surface area contributed by atoms with Crippen LogP contribution in [-0.2, 0) is 9.59 Å². The molecule has 1 fully saturated rings. The van der Waals surface area contributed by atoms with Gasteiger partial charge in [0, 0.05) is 45.3 Å². The number of aryl methyl sites for hydroxylation is 1. The first-order chi connectivity index (χ1) is 11.5. The van der Waals surface area contributed by atoms with Crippen LogP contribution in [0.3, 0.4) is 0 Å². The fraction of sp³-hybridized carbons (Fsp3) is 0.579. The summed E-state index contributed by atoms with van der Waals surface area (Å²) in [6.07, 6.45) is 1.96. The fourth-order valence-corrected chi connectivity index (χ4v) is 3.00. The third kappa shape index (κ3) is 4.98. The molecule has 1 saturated heterocycles. The lowest BCUT2D eigenvalue weighted by molar-refractivity contribution is -0.139. The van der Waals surface area contributed by atoms with Crippen molar-refractivity contribution in [3.63, 3.8) is 0 Å². The quantitative estimate of drug-likeness (QED) is 0.803. The number of benzene rings is 1. The number of unbranched alkanes of at least 4 members (excludes halogenated alkanes) is 1. The molecule has 1 aromatic carbocycles. The molecule has 2 rings (SSSR count). The Balaban J connectivity index is 1.86. The van der Waals surface area contributed by atoms with E-state index in [2.05, 4.69) is 43.0 Å². The van der Waals surface area contributed by atoms with Gasteiger partial charge in [-0.3, -0.25) is 9.59 Å². The number of hydrogen-bond donors (Lipinski definition) is 0. The summed E-state index contributed by atoms with van der Waals surface area (Å²) in [5.41, 5.74) is 2.47. The van der Waals surface area contributed by atoms with E-state index >= 15 is 0 Å². The molecule has 132 valence electrons. The first-order valence-corrected chi connectivity index (χ1v) is 8.86. The van der Waals surface area contributed by atoms with Gasteiger partial charge in [0.2, 0.25) is 11.8 Å². The van der Waals surface area contributed by atoms with Crippen LogP contribution in [0.15, 0.2) is 24.3 Å². The highest BCUT2D eigenvalue weighted by molar-refractivity contribution is 5.84. The summed E-state index contributed by atoms with van der Waals surface area (Å²) < 4.78 is 0. The van der Waals surface area contributed by atoms with Crippen LogP contribution in [0.2, 0.25) is 0 Å². The Bertz CT molecular complexity index is 565. The van der Waals surface area contributed by atoms with Crippen molar-refractivity contribution in [2.75, 3.05) is 44.2 Å². The van der Waals surface area contributed by atoms with E-state index in [-0.39, 0.29) is 18.4 Å². The minimum Gasteiger partial charge on any atom is -0.368 e. The SMILES string of the molecule is CCCCN(CC(=O)N1CCN(c2cccc(C)c2)CC1)C(C)=O. The lowest BCUT2D eigenvalue weighted by atomic mass is 10.2. The summed E-state index contributed by atoms with van der Waals surface area (Å²) in [6, 6.07) is 8.46. The molecule has 1 aromatic rings. The smallest absolute Gasteiger partial charge is 0.242 e. The highest BCUT2D eigenvalue weighted by Gasteiger charge is 2.23. The molecule has 24 heavy (non-hydrogen) atoms. The Kier molecular flexibility index (Phi) is 6.64. The van der Waals surface area contributed by atoms with Crippen LogP contribution in [0.5, 0.6) is 0 Å². The maximum absolute atomic E-state index is 12.5. The molecule has 0 aliphatic carbocycles. The number of rotatable bonds is 6. The summed E-state index contributed by atoms with van der Waals surface area (Å²) in [4.78, 5) is 30.0. The molecule has 5 nitrogen and oxygen atoms in total. The van der Waals surface area contributed by atoms with Crippen molar-refractivity contribution >= 4 is 17.5 Å². The summed E-state index contributed by atoms with van der Waals surface area (Å²) in [5.74, 6) is 0.0420. The second-order valence-electron chi connectivity index (χ2n) is 6.50. The van der Waals surface area contributed by atoms with Crippen molar-refractivity contribution in [1.82, 2.24) is 9.80 Å². The number of carbonyl (C=O) groups is 2. The van der Waals surface area contributed by atoms with E-state index in [0.29, 0.717) is 19.6 Å². The van der Waals surface area contributed by atoms with Crippen LogP contribution in [0.1, 0.15) is 32.3 Å². The van der Waals surface area contributed by atoms with E-state index in [1.807, 2.05) is 4.90 Å². The van der Waals surface area contributed by atoms with E-state index in [9.17, 15) is 9.59 Å². The van der Waals surface area contributed by atoms with Gasteiger partial charge in [0.15, 0.2) is 0 Å². The van der Waals surface area contributed by atoms with Gasteiger partial charge in [0.1, 0.15) is 0 Å². The monoisotopic (exact) mass is 331 g/mol. The predicted molar refractivity (Wildman–Crippen MR) is 97.1 cm³/mol. The van der Waals surface area contributed by atoms with Gasteiger partial charge in [-0.05, 0) is 31.0 Å². The van der Waals surface area contributed by atoms with Crippen LogP contribution >= 0.6 is 0 Å². The second kappa shape index (κ2) is 8.71. The Morgan fingerprint density at radius 3 is 2.46 bits per heavy atom. The van der Waals surface area contributed by atoms with Crippen molar-refractivity contribution < 1.29 is 9.59 Å². The molecule has 0 unspecified atom stereocenters. The predicted octanol–water partition coefficient (Wildman–Crippen LogP) is 2.29. The molecule has 0 N–H and O–H groups in total. The van der Waals surface area contributed by atoms with Crippen molar-refractivity contribution in [2.45, 2.75) is 33.6 Å². The van der Waals surface area contributed by atoms with Crippen molar-refractivity contribution in [1.29, 1.82) is 0 Å². The maximum atomic E-state index is 12.5. The topological polar surface area (TPSA) is 43.9 Å². The molecule has 1 aliphatic heterocycles. The Morgan fingerprint density at radius 2 is 1.88 bits per heavy atom. The minimum atomic E-state index is -0.0183. The molecule has 0 radical (unpaired) electrons. The van der Waals surface area contributed by atoms with Crippen molar-refractivity contribution in [3.05, 3.63) is 29.8 Å². The zero-order chi connectivity index (χ0) is 17.5. The van der Waals surface area contributed by atoms with Crippen LogP contribution in [0.4, 0.5) is 5.69 Å². The minimum absolute atomic E-state index is 0.0183. The standard InChI is InChI=1S/C19H29N3O2/c1-4-5-9-22(17(3)23)15-19(24)21-12-10-20(11-13-21)18-8-6-7-16(2)14-18/h6-8,14H,4-5,9-13,15H2,1-3H3. The van der Waals surface area contributed by atoms with Crippen molar-refractivity contribution in [3.8, 4) is 0 Å². The van der Waals surface area contributed by atoms with Gasteiger partial charge in [0.05, 0.1) is 6.54 Å². The Labute approximate surface area is 145 Å². The normalized spacial score (nSPS) is 14.6. The molecule has 0 spiro atoms. The molecule has 0 bridgehead atoms. The summed E-state index contributed by atoms with van der Waals surface area (Å²) in [5, 5.41) is 0. The maximum Gasteiger partial charge on any atom is 0.242 e. The molecular weight excluding hydrogens is 302 g/mol. The van der Waals surface area contributed by atoms with E-state index in [0.717, 1.165) is 25.9 Å². The largest absolute Gasteiger partial charge is 0.368 e. The lowest BCUT2D eigenvalue weighted by Gasteiger charge is -2.37. The van der Waals surface area contributed by atoms with E-state index in [1.54, 1.807) is 11.8 Å². The Morgan fingerprint density at radius 1 is 1.17 bits per heavy atom. The van der Waals surface area contributed by atoms with E-state index < -0.39 is 0 Å². The zero-order valence-corrected chi connectivity index (χ0v) is 15.1. The lowest BCUT2D eigenvalue weighted by Crippen LogP contribution is -2.51. The molecule has 0 atom stereocenters. The summed E-state index contributed by atoms with van der Waals surface area (Å²) in [7, 11) is 0. The molecule has 0 saturated carbocycles. The number of hydrogen-bond acceptors (Lipinski definition) is 3. The van der Waals surface area contributed by atoms with Gasteiger partial charge in [-0.25, -0.2) is 0 Å². The molecule has 0 aromatic heterocycles. The first kappa shape index (κ1) is 18.3. The average Bonchev–Trinajstić information content (AvgIpc) is 2.58. The number of amides is 2. The van der Waals surface area contributed by atoms with Crippen LogP contribution in [-0.4, -0.2) is 60.9 Å². The van der Waals surface area contributed by atoms with Crippen molar-refractivity contribution in [2.24, 2.45) is 0 Å². The van der Waals surface area contributed by atoms with Gasteiger partial charge < -0.3 is 14.7 Å². The molecule has 1 heterocycles. The molecule has 2 amide bonds. The van der Waals surface area contributed by atoms with Gasteiger partial charge in [-0.2, -0.15) is 0 Å². The van der Waals surface area contributed by atoms with Gasteiger partial charge in [0.25, 0.3) is 0 Å². The number of carbonyl (C=O) groups excluding carboxylic acids is 2. The number of anilines is 1. The summed E-state index contributed by atoms with van der Waals surface area (Å²) >= 11 is 0. The number of nitrogens with zero attached hydrogens (tertiary/aromatic N) is 3. The Hall–Kier alpha value is -2.04. The van der Waals surface area contributed by atoms with E-state index in [1.165, 1.54) is 11.3 Å². The zero-order valence-electron chi connectivity index (χ0n) is 15.1. The van der Waals surface area contributed by atoms with E-state index in [4.69, 9.17) is 0 Å². The van der Waals surface area contributed by atoms with Gasteiger partial charge in [-0.15, -0.1) is 0 Å². The molecule has 1 aliphatic rings. The second-order valence-corrected chi connectivity index (χ2v) is 6.50. The third-order valence-corrected chi connectivity index (χ3v) is 4.55. The fourth-order valence-electron chi connectivity index (χ4n) is 3.00. The van der Waals surface area contributed by atoms with Gasteiger partial charge in [-0.1, -0.05) is 25.5 Å². The summed E-state index contributed by atoms with van der Waals surface area (Å²) in [6.45, 7) is 9.70. The third-order valence-electron chi connectivity index (χ3n) is 4.55. The van der Waals surface area contributed by atoms with Gasteiger partial charge >= 0.3 is 0 Å². The van der Waals surface area contributed by atoms with Crippen LogP contribution < -0.4 is 4.90 Å². The molecular formula is C19H29N3O2. The van der Waals surface area contributed by atoms with Crippen LogP contribution in [0.25, 0.3) is 0 Å². The van der Waals surface area contributed by atoms with Crippen LogP contribution in [0, 0.1) is 6.92 Å². The highest BCUT2D eigenvalue weighted by Crippen LogP contribution is 2.17. The molecule has 5 heteroatoms. The average molecular weight is 331 g/mol.